The summed E-state index contributed by atoms with van der Waals surface area (Å²) in [5, 5.41) is 6.06. The van der Waals surface area contributed by atoms with E-state index in [1.807, 2.05) is 6.92 Å². The highest BCUT2D eigenvalue weighted by Gasteiger charge is 2.31. The maximum absolute atomic E-state index is 13.3. The second-order valence-corrected chi connectivity index (χ2v) is 6.30. The van der Waals surface area contributed by atoms with Gasteiger partial charge >= 0.3 is 6.03 Å². The van der Waals surface area contributed by atoms with Gasteiger partial charge in [0.2, 0.25) is 5.91 Å². The van der Waals surface area contributed by atoms with Crippen molar-refractivity contribution < 1.29 is 14.0 Å². The van der Waals surface area contributed by atoms with Crippen LogP contribution in [-0.2, 0) is 4.79 Å². The fraction of sp³-hybridized carbons (Fsp3) is 0.222. The van der Waals surface area contributed by atoms with Crippen molar-refractivity contribution in [1.82, 2.24) is 5.32 Å². The number of urea groups is 1. The van der Waals surface area contributed by atoms with E-state index in [2.05, 4.69) is 10.6 Å². The summed E-state index contributed by atoms with van der Waals surface area (Å²) >= 11 is 6.03. The number of anilines is 2. The Morgan fingerprint density at radius 2 is 2.04 bits per heavy atom. The van der Waals surface area contributed by atoms with Crippen molar-refractivity contribution in [2.24, 2.45) is 0 Å². The van der Waals surface area contributed by atoms with Crippen LogP contribution in [-0.4, -0.2) is 24.5 Å². The quantitative estimate of drug-likeness (QED) is 0.875. The number of hydrogen-bond donors (Lipinski definition) is 2. The summed E-state index contributed by atoms with van der Waals surface area (Å²) in [4.78, 5) is 25.8. The Kier molecular flexibility index (Phi) is 4.90. The standard InChI is InChI=1S/C18H17ClFN3O2/c1-11-15(19)6-3-7-16(11)22-18(25)21-13-9-17(24)23(10-13)14-5-2-4-12(20)8-14/h2-8,13H,9-10H2,1H3,(H2,21,22,25)/t13-/m0/s1. The van der Waals surface area contributed by atoms with Crippen molar-refractivity contribution in [3.63, 3.8) is 0 Å². The lowest BCUT2D eigenvalue weighted by atomic mass is 10.2. The number of benzene rings is 2. The third-order valence-electron chi connectivity index (χ3n) is 4.10. The highest BCUT2D eigenvalue weighted by molar-refractivity contribution is 6.31. The van der Waals surface area contributed by atoms with E-state index in [4.69, 9.17) is 11.6 Å². The number of nitrogens with one attached hydrogen (secondary N) is 2. The molecule has 0 spiro atoms. The summed E-state index contributed by atoms with van der Waals surface area (Å²) in [5.74, 6) is -0.564. The molecule has 1 heterocycles. The smallest absolute Gasteiger partial charge is 0.319 e. The number of carbonyl (C=O) groups excluding carboxylic acids is 2. The van der Waals surface area contributed by atoms with Gasteiger partial charge in [-0.25, -0.2) is 9.18 Å². The normalized spacial score (nSPS) is 16.8. The molecule has 0 radical (unpaired) electrons. The molecule has 7 heteroatoms. The fourth-order valence-corrected chi connectivity index (χ4v) is 2.96. The minimum atomic E-state index is -0.413. The molecule has 1 atom stereocenters. The molecule has 0 saturated carbocycles. The highest BCUT2D eigenvalue weighted by atomic mass is 35.5. The van der Waals surface area contributed by atoms with Crippen molar-refractivity contribution in [2.45, 2.75) is 19.4 Å². The molecular weight excluding hydrogens is 345 g/mol. The Labute approximate surface area is 149 Å². The van der Waals surface area contributed by atoms with Gasteiger partial charge in [-0.05, 0) is 42.8 Å². The maximum atomic E-state index is 13.3. The zero-order chi connectivity index (χ0) is 18.0. The lowest BCUT2D eigenvalue weighted by molar-refractivity contribution is -0.117. The molecular formula is C18H17ClFN3O2. The molecule has 2 N–H and O–H groups in total. The van der Waals surface area contributed by atoms with E-state index < -0.39 is 11.8 Å². The van der Waals surface area contributed by atoms with Crippen LogP contribution >= 0.6 is 11.6 Å². The molecule has 1 fully saturated rings. The lowest BCUT2D eigenvalue weighted by Crippen LogP contribution is -2.39. The molecule has 0 aliphatic carbocycles. The Balaban J connectivity index is 1.63. The lowest BCUT2D eigenvalue weighted by Gasteiger charge is -2.18. The van der Waals surface area contributed by atoms with Crippen LogP contribution in [0.3, 0.4) is 0 Å². The van der Waals surface area contributed by atoms with E-state index >= 15 is 0 Å². The number of nitrogens with zero attached hydrogens (tertiary/aromatic N) is 1. The highest BCUT2D eigenvalue weighted by Crippen LogP contribution is 2.24. The van der Waals surface area contributed by atoms with Gasteiger partial charge in [0.15, 0.2) is 0 Å². The monoisotopic (exact) mass is 361 g/mol. The molecule has 1 aliphatic rings. The average molecular weight is 362 g/mol. The molecule has 0 bridgehead atoms. The average Bonchev–Trinajstić information content (AvgIpc) is 2.92. The van der Waals surface area contributed by atoms with Crippen LogP contribution in [0.1, 0.15) is 12.0 Å². The first-order valence-electron chi connectivity index (χ1n) is 7.82. The Morgan fingerprint density at radius 1 is 1.28 bits per heavy atom. The van der Waals surface area contributed by atoms with Crippen LogP contribution in [0.15, 0.2) is 42.5 Å². The van der Waals surface area contributed by atoms with Gasteiger partial charge in [-0.3, -0.25) is 4.79 Å². The predicted octanol–water partition coefficient (Wildman–Crippen LogP) is 3.71. The SMILES string of the molecule is Cc1c(Cl)cccc1NC(=O)N[C@H]1CC(=O)N(c2cccc(F)c2)C1. The van der Waals surface area contributed by atoms with Crippen LogP contribution in [0.2, 0.25) is 5.02 Å². The molecule has 0 aromatic heterocycles. The van der Waals surface area contributed by atoms with E-state index in [1.165, 1.54) is 17.0 Å². The Bertz CT molecular complexity index is 828. The largest absolute Gasteiger partial charge is 0.333 e. The van der Waals surface area contributed by atoms with Crippen molar-refractivity contribution in [3.05, 3.63) is 58.9 Å². The molecule has 130 valence electrons. The van der Waals surface area contributed by atoms with Crippen LogP contribution in [0.4, 0.5) is 20.6 Å². The van der Waals surface area contributed by atoms with Gasteiger partial charge in [-0.2, -0.15) is 0 Å². The molecule has 25 heavy (non-hydrogen) atoms. The van der Waals surface area contributed by atoms with Crippen LogP contribution < -0.4 is 15.5 Å². The number of carbonyl (C=O) groups is 2. The second-order valence-electron chi connectivity index (χ2n) is 5.90. The zero-order valence-electron chi connectivity index (χ0n) is 13.6. The van der Waals surface area contributed by atoms with Gasteiger partial charge in [0, 0.05) is 29.4 Å². The fourth-order valence-electron chi connectivity index (χ4n) is 2.78. The predicted molar refractivity (Wildman–Crippen MR) is 95.5 cm³/mol. The van der Waals surface area contributed by atoms with Gasteiger partial charge in [0.25, 0.3) is 0 Å². The first-order valence-corrected chi connectivity index (χ1v) is 8.20. The molecule has 2 aromatic carbocycles. The summed E-state index contributed by atoms with van der Waals surface area (Å²) in [6, 6.07) is 10.3. The Morgan fingerprint density at radius 3 is 2.80 bits per heavy atom. The molecule has 0 unspecified atom stereocenters. The first kappa shape index (κ1) is 17.2. The van der Waals surface area contributed by atoms with Crippen molar-refractivity contribution in [1.29, 1.82) is 0 Å². The molecule has 3 amide bonds. The third-order valence-corrected chi connectivity index (χ3v) is 4.51. The third kappa shape index (κ3) is 3.91. The maximum Gasteiger partial charge on any atom is 0.319 e. The number of halogens is 2. The number of hydrogen-bond acceptors (Lipinski definition) is 2. The summed E-state index contributed by atoms with van der Waals surface area (Å²) in [6.07, 6.45) is 0.165. The Hall–Kier alpha value is -2.60. The van der Waals surface area contributed by atoms with Gasteiger partial charge in [0.05, 0.1) is 6.04 Å². The summed E-state index contributed by atoms with van der Waals surface area (Å²) < 4.78 is 13.3. The van der Waals surface area contributed by atoms with Crippen LogP contribution in [0.25, 0.3) is 0 Å². The topological polar surface area (TPSA) is 61.4 Å². The van der Waals surface area contributed by atoms with Gasteiger partial charge in [-0.1, -0.05) is 23.7 Å². The van der Waals surface area contributed by atoms with Gasteiger partial charge in [0.1, 0.15) is 5.82 Å². The second kappa shape index (κ2) is 7.11. The molecule has 1 saturated heterocycles. The summed E-state index contributed by atoms with van der Waals surface area (Å²) in [5.41, 5.74) is 1.86. The molecule has 3 rings (SSSR count). The molecule has 1 aliphatic heterocycles. The van der Waals surface area contributed by atoms with Crippen molar-refractivity contribution in [2.75, 3.05) is 16.8 Å². The van der Waals surface area contributed by atoms with E-state index in [1.54, 1.807) is 30.3 Å². The van der Waals surface area contributed by atoms with Gasteiger partial charge < -0.3 is 15.5 Å². The number of amides is 3. The van der Waals surface area contributed by atoms with Crippen LogP contribution in [0, 0.1) is 12.7 Å². The van der Waals surface area contributed by atoms with Crippen LogP contribution in [0.5, 0.6) is 0 Å². The summed E-state index contributed by atoms with van der Waals surface area (Å²) in [6.45, 7) is 2.10. The van der Waals surface area contributed by atoms with E-state index in [0.717, 1.165) is 5.56 Å². The summed E-state index contributed by atoms with van der Waals surface area (Å²) in [7, 11) is 0. The minimum Gasteiger partial charge on any atom is -0.333 e. The van der Waals surface area contributed by atoms with E-state index in [9.17, 15) is 14.0 Å². The zero-order valence-corrected chi connectivity index (χ0v) is 14.3. The van der Waals surface area contributed by atoms with E-state index in [-0.39, 0.29) is 18.4 Å². The van der Waals surface area contributed by atoms with Gasteiger partial charge in [-0.15, -0.1) is 0 Å². The molecule has 2 aromatic rings. The number of rotatable bonds is 3. The first-order chi connectivity index (χ1) is 11.9. The van der Waals surface area contributed by atoms with Crippen molar-refractivity contribution in [3.8, 4) is 0 Å². The van der Waals surface area contributed by atoms with E-state index in [0.29, 0.717) is 22.9 Å². The molecule has 5 nitrogen and oxygen atoms in total. The minimum absolute atomic E-state index is 0.158. The van der Waals surface area contributed by atoms with Crippen molar-refractivity contribution >= 4 is 34.9 Å².